The van der Waals surface area contributed by atoms with Crippen LogP contribution in [-0.4, -0.2) is 28.9 Å². The molecule has 0 radical (unpaired) electrons. The van der Waals surface area contributed by atoms with Crippen molar-refractivity contribution in [1.82, 2.24) is 0 Å². The predicted octanol–water partition coefficient (Wildman–Crippen LogP) is 0.993. The third kappa shape index (κ3) is 1.56. The van der Waals surface area contributed by atoms with E-state index in [0.717, 1.165) is 0 Å². The lowest BCUT2D eigenvalue weighted by Gasteiger charge is -2.19. The minimum absolute atomic E-state index is 0.0798. The van der Waals surface area contributed by atoms with Gasteiger partial charge in [0.15, 0.2) is 16.8 Å². The number of carbonyl (C=O) groups excluding carboxylic acids is 3. The van der Waals surface area contributed by atoms with Crippen molar-refractivity contribution >= 4 is 17.7 Å². The quantitative estimate of drug-likeness (QED) is 0.505. The standard InChI is InChI=1S/C12H16O5/c1-7(13)11(4)6-12(9(15)17-11)5-10(2,3)16-8(12)14/h5-6H2,1-4H3/t11-,12+/m1/s1. The lowest BCUT2D eigenvalue weighted by molar-refractivity contribution is -0.163. The highest BCUT2D eigenvalue weighted by atomic mass is 16.6. The molecule has 2 rings (SSSR count). The molecule has 0 unspecified atom stereocenters. The van der Waals surface area contributed by atoms with Gasteiger partial charge in [-0.25, -0.2) is 0 Å². The molecule has 0 aromatic carbocycles. The fourth-order valence-corrected chi connectivity index (χ4v) is 2.66. The van der Waals surface area contributed by atoms with E-state index in [1.54, 1.807) is 20.8 Å². The van der Waals surface area contributed by atoms with Crippen LogP contribution < -0.4 is 0 Å². The molecular weight excluding hydrogens is 224 g/mol. The number of carbonyl (C=O) groups is 3. The predicted molar refractivity (Wildman–Crippen MR) is 57.0 cm³/mol. The maximum absolute atomic E-state index is 11.9. The largest absolute Gasteiger partial charge is 0.459 e. The van der Waals surface area contributed by atoms with E-state index in [0.29, 0.717) is 0 Å². The molecule has 0 aromatic rings. The summed E-state index contributed by atoms with van der Waals surface area (Å²) < 4.78 is 10.3. The van der Waals surface area contributed by atoms with Crippen molar-refractivity contribution in [2.24, 2.45) is 5.41 Å². The molecule has 2 fully saturated rings. The normalized spacial score (nSPS) is 39.3. The van der Waals surface area contributed by atoms with Crippen LogP contribution in [0.2, 0.25) is 0 Å². The van der Waals surface area contributed by atoms with E-state index in [1.807, 2.05) is 0 Å². The van der Waals surface area contributed by atoms with Crippen LogP contribution in [0, 0.1) is 5.41 Å². The van der Waals surface area contributed by atoms with E-state index in [-0.39, 0.29) is 18.6 Å². The summed E-state index contributed by atoms with van der Waals surface area (Å²) in [7, 11) is 0. The number of Topliss-reactive ketones (excluding diaryl/α,β-unsaturated/α-hetero) is 1. The number of cyclic esters (lactones) is 2. The van der Waals surface area contributed by atoms with Gasteiger partial charge in [0, 0.05) is 12.8 Å². The van der Waals surface area contributed by atoms with Gasteiger partial charge in [-0.2, -0.15) is 0 Å². The van der Waals surface area contributed by atoms with E-state index < -0.39 is 28.6 Å². The highest BCUT2D eigenvalue weighted by Crippen LogP contribution is 2.51. The summed E-state index contributed by atoms with van der Waals surface area (Å²) in [6, 6.07) is 0. The summed E-state index contributed by atoms with van der Waals surface area (Å²) in [6.45, 7) is 6.39. The average Bonchev–Trinajstić information content (AvgIpc) is 2.50. The second kappa shape index (κ2) is 3.09. The number of rotatable bonds is 1. The van der Waals surface area contributed by atoms with Gasteiger partial charge in [-0.15, -0.1) is 0 Å². The van der Waals surface area contributed by atoms with E-state index in [2.05, 4.69) is 0 Å². The zero-order valence-electron chi connectivity index (χ0n) is 10.5. The highest BCUT2D eigenvalue weighted by molar-refractivity contribution is 6.06. The first kappa shape index (κ1) is 12.1. The second-order valence-corrected chi connectivity index (χ2v) is 5.76. The number of esters is 2. The van der Waals surface area contributed by atoms with Gasteiger partial charge in [0.1, 0.15) is 5.60 Å². The molecule has 0 bridgehead atoms. The van der Waals surface area contributed by atoms with E-state index in [4.69, 9.17) is 9.47 Å². The Kier molecular flexibility index (Phi) is 2.19. The van der Waals surface area contributed by atoms with Crippen LogP contribution in [0.15, 0.2) is 0 Å². The molecule has 0 aromatic heterocycles. The number of ketones is 1. The Balaban J connectivity index is 2.39. The van der Waals surface area contributed by atoms with Crippen molar-refractivity contribution in [1.29, 1.82) is 0 Å². The van der Waals surface area contributed by atoms with Crippen LogP contribution in [0.3, 0.4) is 0 Å². The average molecular weight is 240 g/mol. The van der Waals surface area contributed by atoms with Crippen LogP contribution >= 0.6 is 0 Å². The Morgan fingerprint density at radius 3 is 1.94 bits per heavy atom. The van der Waals surface area contributed by atoms with Crippen LogP contribution in [-0.2, 0) is 23.9 Å². The first-order chi connectivity index (χ1) is 7.61. The van der Waals surface area contributed by atoms with Gasteiger partial charge in [0.2, 0.25) is 0 Å². The van der Waals surface area contributed by atoms with Crippen LogP contribution in [0.5, 0.6) is 0 Å². The van der Waals surface area contributed by atoms with Crippen molar-refractivity contribution in [3.8, 4) is 0 Å². The Labute approximate surface area is 99.5 Å². The van der Waals surface area contributed by atoms with Crippen LogP contribution in [0.25, 0.3) is 0 Å². The molecule has 0 amide bonds. The van der Waals surface area contributed by atoms with Gasteiger partial charge >= 0.3 is 11.9 Å². The zero-order chi connectivity index (χ0) is 13.1. The molecule has 5 heteroatoms. The maximum Gasteiger partial charge on any atom is 0.324 e. The van der Waals surface area contributed by atoms with Crippen molar-refractivity contribution < 1.29 is 23.9 Å². The Hall–Kier alpha value is -1.39. The van der Waals surface area contributed by atoms with Gasteiger partial charge in [-0.1, -0.05) is 0 Å². The summed E-state index contributed by atoms with van der Waals surface area (Å²) >= 11 is 0. The Morgan fingerprint density at radius 2 is 1.59 bits per heavy atom. The summed E-state index contributed by atoms with van der Waals surface area (Å²) in [5.74, 6) is -1.46. The maximum atomic E-state index is 11.9. The molecule has 94 valence electrons. The fourth-order valence-electron chi connectivity index (χ4n) is 2.66. The van der Waals surface area contributed by atoms with E-state index in [9.17, 15) is 14.4 Å². The summed E-state index contributed by atoms with van der Waals surface area (Å²) in [5.41, 5.74) is -3.17. The highest BCUT2D eigenvalue weighted by Gasteiger charge is 2.67. The van der Waals surface area contributed by atoms with Crippen molar-refractivity contribution in [3.63, 3.8) is 0 Å². The molecule has 2 atom stereocenters. The van der Waals surface area contributed by atoms with Gasteiger partial charge in [-0.05, 0) is 27.7 Å². The molecular formula is C12H16O5. The molecule has 0 saturated carbocycles. The van der Waals surface area contributed by atoms with Gasteiger partial charge < -0.3 is 9.47 Å². The minimum atomic E-state index is -1.29. The lowest BCUT2D eigenvalue weighted by Crippen LogP contribution is -2.35. The Morgan fingerprint density at radius 1 is 1.06 bits per heavy atom. The minimum Gasteiger partial charge on any atom is -0.459 e. The van der Waals surface area contributed by atoms with Gasteiger partial charge in [0.25, 0.3) is 0 Å². The molecule has 0 aliphatic carbocycles. The van der Waals surface area contributed by atoms with Crippen molar-refractivity contribution in [2.75, 3.05) is 0 Å². The third-order valence-electron chi connectivity index (χ3n) is 3.58. The summed E-state index contributed by atoms with van der Waals surface area (Å²) in [4.78, 5) is 35.3. The van der Waals surface area contributed by atoms with E-state index >= 15 is 0 Å². The fraction of sp³-hybridized carbons (Fsp3) is 0.750. The van der Waals surface area contributed by atoms with Gasteiger partial charge in [-0.3, -0.25) is 14.4 Å². The molecule has 2 heterocycles. The topological polar surface area (TPSA) is 69.7 Å². The number of hydrogen-bond donors (Lipinski definition) is 0. The zero-order valence-corrected chi connectivity index (χ0v) is 10.5. The van der Waals surface area contributed by atoms with Gasteiger partial charge in [0.05, 0.1) is 0 Å². The monoisotopic (exact) mass is 240 g/mol. The number of ether oxygens (including phenoxy) is 2. The molecule has 0 N–H and O–H groups in total. The molecule has 2 saturated heterocycles. The third-order valence-corrected chi connectivity index (χ3v) is 3.58. The van der Waals surface area contributed by atoms with Crippen molar-refractivity contribution in [3.05, 3.63) is 0 Å². The molecule has 1 spiro atoms. The SMILES string of the molecule is CC(=O)[C@@]1(C)C[C@]2(CC(C)(C)OC2=O)C(=O)O1. The van der Waals surface area contributed by atoms with E-state index in [1.165, 1.54) is 6.92 Å². The second-order valence-electron chi connectivity index (χ2n) is 5.76. The summed E-state index contributed by atoms with van der Waals surface area (Å²) in [6.07, 6.45) is 0.344. The first-order valence-electron chi connectivity index (χ1n) is 5.59. The van der Waals surface area contributed by atoms with Crippen molar-refractivity contribution in [2.45, 2.75) is 51.7 Å². The molecule has 17 heavy (non-hydrogen) atoms. The summed E-state index contributed by atoms with van der Waals surface area (Å²) in [5, 5.41) is 0. The molecule has 2 aliphatic heterocycles. The lowest BCUT2D eigenvalue weighted by atomic mass is 9.75. The van der Waals surface area contributed by atoms with Crippen LogP contribution in [0.1, 0.15) is 40.5 Å². The first-order valence-corrected chi connectivity index (χ1v) is 5.59. The Bertz CT molecular complexity index is 425. The molecule has 5 nitrogen and oxygen atoms in total. The smallest absolute Gasteiger partial charge is 0.324 e. The number of hydrogen-bond acceptors (Lipinski definition) is 5. The molecule has 2 aliphatic rings. The van der Waals surface area contributed by atoms with Crippen LogP contribution in [0.4, 0.5) is 0 Å².